The second-order valence-electron chi connectivity index (χ2n) is 6.37. The smallest absolute Gasteiger partial charge is 0.287 e. The van der Waals surface area contributed by atoms with Gasteiger partial charge >= 0.3 is 0 Å². The Kier molecular flexibility index (Phi) is 4.60. The van der Waals surface area contributed by atoms with Crippen molar-refractivity contribution in [2.45, 2.75) is 6.54 Å². The lowest BCUT2D eigenvalue weighted by molar-refractivity contribution is -0.686. The molecule has 0 aliphatic carbocycles. The van der Waals surface area contributed by atoms with Gasteiger partial charge in [-0.3, -0.25) is 14.9 Å². The molecule has 4 aromatic rings. The van der Waals surface area contributed by atoms with Gasteiger partial charge in [0.05, 0.1) is 11.1 Å². The van der Waals surface area contributed by atoms with E-state index in [2.05, 4.69) is 23.2 Å². The molecule has 28 heavy (non-hydrogen) atoms. The van der Waals surface area contributed by atoms with Crippen LogP contribution in [0.2, 0.25) is 0 Å². The summed E-state index contributed by atoms with van der Waals surface area (Å²) in [5, 5.41) is 13.0. The molecule has 0 fully saturated rings. The van der Waals surface area contributed by atoms with Crippen LogP contribution in [0.1, 0.15) is 10.4 Å². The van der Waals surface area contributed by atoms with Crippen LogP contribution >= 0.6 is 0 Å². The third-order valence-electron chi connectivity index (χ3n) is 4.56. The zero-order valence-electron chi connectivity index (χ0n) is 14.9. The molecule has 0 bridgehead atoms. The number of nitro groups is 1. The number of ketones is 1. The Balaban J connectivity index is 1.54. The predicted octanol–water partition coefficient (Wildman–Crippen LogP) is 3.98. The van der Waals surface area contributed by atoms with Crippen LogP contribution in [0.3, 0.4) is 0 Å². The molecule has 0 aliphatic rings. The fraction of sp³-hybridized carbons (Fsp3) is 0.0455. The van der Waals surface area contributed by atoms with Crippen LogP contribution in [0.4, 0.5) is 5.69 Å². The van der Waals surface area contributed by atoms with Crippen LogP contribution in [0, 0.1) is 10.1 Å². The van der Waals surface area contributed by atoms with Crippen molar-refractivity contribution in [1.29, 1.82) is 0 Å². The molecule has 6 heteroatoms. The van der Waals surface area contributed by atoms with E-state index in [1.54, 1.807) is 10.9 Å². The van der Waals surface area contributed by atoms with E-state index in [9.17, 15) is 14.9 Å². The monoisotopic (exact) mass is 370 g/mol. The van der Waals surface area contributed by atoms with Gasteiger partial charge in [-0.15, -0.1) is 0 Å². The van der Waals surface area contributed by atoms with Gasteiger partial charge in [0.25, 0.3) is 12.0 Å². The highest BCUT2D eigenvalue weighted by atomic mass is 16.6. The van der Waals surface area contributed by atoms with E-state index >= 15 is 0 Å². The quantitative estimate of drug-likeness (QED) is 0.230. The fourth-order valence-electron chi connectivity index (χ4n) is 3.11. The summed E-state index contributed by atoms with van der Waals surface area (Å²) >= 11 is 0. The zero-order chi connectivity index (χ0) is 19.5. The summed E-state index contributed by atoms with van der Waals surface area (Å²) in [6, 6.07) is 21.7. The lowest BCUT2D eigenvalue weighted by atomic mass is 10.0. The third kappa shape index (κ3) is 3.48. The zero-order valence-corrected chi connectivity index (χ0v) is 14.9. The van der Waals surface area contributed by atoms with Crippen LogP contribution in [-0.4, -0.2) is 15.7 Å². The molecule has 4 rings (SSSR count). The fourth-order valence-corrected chi connectivity index (χ4v) is 3.11. The molecule has 6 nitrogen and oxygen atoms in total. The van der Waals surface area contributed by atoms with Crippen molar-refractivity contribution in [1.82, 2.24) is 4.98 Å². The molecule has 0 radical (unpaired) electrons. The van der Waals surface area contributed by atoms with E-state index in [1.807, 2.05) is 36.5 Å². The minimum absolute atomic E-state index is 0.0367. The van der Waals surface area contributed by atoms with Gasteiger partial charge in [-0.1, -0.05) is 36.4 Å². The minimum atomic E-state index is -0.487. The average molecular weight is 370 g/mol. The summed E-state index contributed by atoms with van der Waals surface area (Å²) < 4.78 is 1.69. The van der Waals surface area contributed by atoms with E-state index in [1.165, 1.54) is 24.3 Å². The highest BCUT2D eigenvalue weighted by Crippen LogP contribution is 2.26. The van der Waals surface area contributed by atoms with Crippen molar-refractivity contribution in [2.24, 2.45) is 0 Å². The van der Waals surface area contributed by atoms with Gasteiger partial charge in [-0.2, -0.15) is 0 Å². The molecule has 0 amide bonds. The average Bonchev–Trinajstić information content (AvgIpc) is 2.74. The van der Waals surface area contributed by atoms with Crippen LogP contribution in [0.5, 0.6) is 0 Å². The maximum atomic E-state index is 12.4. The third-order valence-corrected chi connectivity index (χ3v) is 4.56. The first-order valence-electron chi connectivity index (χ1n) is 8.73. The van der Waals surface area contributed by atoms with Crippen molar-refractivity contribution >= 4 is 22.2 Å². The highest BCUT2D eigenvalue weighted by molar-refractivity contribution is 5.96. The molecule has 1 aromatic heterocycles. The number of aromatic nitrogens is 2. The van der Waals surface area contributed by atoms with E-state index in [4.69, 9.17) is 0 Å². The summed E-state index contributed by atoms with van der Waals surface area (Å²) in [5.74, 6) is -0.139. The number of non-ortho nitro benzene ring substituents is 1. The Labute approximate surface area is 160 Å². The molecule has 3 aromatic carbocycles. The van der Waals surface area contributed by atoms with Gasteiger partial charge in [0, 0.05) is 29.3 Å². The number of hydrogen-bond donors (Lipinski definition) is 0. The molecule has 0 atom stereocenters. The van der Waals surface area contributed by atoms with Gasteiger partial charge in [0.15, 0.2) is 12.2 Å². The van der Waals surface area contributed by atoms with Crippen LogP contribution in [0.15, 0.2) is 85.3 Å². The SMILES string of the molecule is O=C(C[n+]1ccc(-c2cccc3ccccc23)nc1)c1ccc([N+](=O)[O-])cc1. The van der Waals surface area contributed by atoms with E-state index in [0.717, 1.165) is 22.0 Å². The number of rotatable bonds is 5. The van der Waals surface area contributed by atoms with E-state index in [0.29, 0.717) is 5.56 Å². The van der Waals surface area contributed by atoms with Crippen molar-refractivity contribution in [3.05, 3.63) is 101 Å². The molecule has 0 N–H and O–H groups in total. The molecule has 0 saturated carbocycles. The van der Waals surface area contributed by atoms with Gasteiger partial charge in [0.2, 0.25) is 5.78 Å². The molecule has 0 spiro atoms. The van der Waals surface area contributed by atoms with Gasteiger partial charge < -0.3 is 0 Å². The van der Waals surface area contributed by atoms with Crippen LogP contribution in [0.25, 0.3) is 22.0 Å². The Morgan fingerprint density at radius 2 is 1.71 bits per heavy atom. The maximum Gasteiger partial charge on any atom is 0.287 e. The Bertz CT molecular complexity index is 1160. The summed E-state index contributed by atoms with van der Waals surface area (Å²) in [7, 11) is 0. The predicted molar refractivity (Wildman–Crippen MR) is 105 cm³/mol. The Hall–Kier alpha value is -3.93. The normalized spacial score (nSPS) is 10.7. The van der Waals surface area contributed by atoms with E-state index in [-0.39, 0.29) is 18.0 Å². The second kappa shape index (κ2) is 7.36. The topological polar surface area (TPSA) is 77.0 Å². The first-order valence-corrected chi connectivity index (χ1v) is 8.73. The maximum absolute atomic E-state index is 12.4. The van der Waals surface area contributed by atoms with E-state index < -0.39 is 4.92 Å². The first kappa shape index (κ1) is 17.5. The van der Waals surface area contributed by atoms with Gasteiger partial charge in [0.1, 0.15) is 0 Å². The molecule has 1 heterocycles. The molecular formula is C22H16N3O3+. The Morgan fingerprint density at radius 1 is 0.964 bits per heavy atom. The van der Waals surface area contributed by atoms with Crippen LogP contribution in [-0.2, 0) is 6.54 Å². The first-order chi connectivity index (χ1) is 13.6. The van der Waals surface area contributed by atoms with Crippen molar-refractivity contribution in [3.63, 3.8) is 0 Å². The summed E-state index contributed by atoms with van der Waals surface area (Å²) in [4.78, 5) is 27.1. The van der Waals surface area contributed by atoms with Gasteiger partial charge in [-0.25, -0.2) is 4.57 Å². The molecular weight excluding hydrogens is 354 g/mol. The number of benzene rings is 3. The number of Topliss-reactive ketones (excluding diaryl/α,β-unsaturated/α-hetero) is 1. The minimum Gasteiger partial charge on any atom is -0.290 e. The van der Waals surface area contributed by atoms with Crippen molar-refractivity contribution < 1.29 is 14.3 Å². The molecule has 136 valence electrons. The number of fused-ring (bicyclic) bond motifs is 1. The highest BCUT2D eigenvalue weighted by Gasteiger charge is 2.14. The molecule has 0 aliphatic heterocycles. The summed E-state index contributed by atoms with van der Waals surface area (Å²) in [6.07, 6.45) is 3.44. The van der Waals surface area contributed by atoms with Crippen LogP contribution < -0.4 is 4.57 Å². The lowest BCUT2D eigenvalue weighted by Gasteiger charge is -2.04. The lowest BCUT2D eigenvalue weighted by Crippen LogP contribution is -2.37. The number of hydrogen-bond acceptors (Lipinski definition) is 4. The summed E-state index contributed by atoms with van der Waals surface area (Å²) in [6.45, 7) is 0.112. The molecule has 0 saturated heterocycles. The summed E-state index contributed by atoms with van der Waals surface area (Å²) in [5.41, 5.74) is 2.25. The molecule has 0 unspecified atom stereocenters. The largest absolute Gasteiger partial charge is 0.290 e. The number of carbonyl (C=O) groups excluding carboxylic acids is 1. The second-order valence-corrected chi connectivity index (χ2v) is 6.37. The van der Waals surface area contributed by atoms with Gasteiger partial charge in [-0.05, 0) is 34.0 Å². The van der Waals surface area contributed by atoms with Crippen molar-refractivity contribution in [2.75, 3.05) is 0 Å². The number of nitrogens with zero attached hydrogens (tertiary/aromatic N) is 3. The number of nitro benzene ring substituents is 1. The van der Waals surface area contributed by atoms with Crippen molar-refractivity contribution in [3.8, 4) is 11.3 Å². The number of carbonyl (C=O) groups is 1. The standard InChI is InChI=1S/C22H16N3O3/c26-22(17-8-10-18(11-9-17)25(27)28)14-24-13-12-21(23-15-24)20-7-3-5-16-4-1-2-6-19(16)20/h1-13,15H,14H2/q+1. The Morgan fingerprint density at radius 3 is 2.43 bits per heavy atom.